The number of sulfonamides is 1. The van der Waals surface area contributed by atoms with Crippen LogP contribution in [0.2, 0.25) is 0 Å². The number of nitrogens with zero attached hydrogens (tertiary/aromatic N) is 3. The molecule has 1 aliphatic rings. The molecule has 12 heteroatoms. The second-order valence-electron chi connectivity index (χ2n) is 8.70. The van der Waals surface area contributed by atoms with Crippen LogP contribution < -0.4 is 9.62 Å². The van der Waals surface area contributed by atoms with Gasteiger partial charge in [0.25, 0.3) is 10.0 Å². The number of ether oxygens (including phenoxy) is 1. The summed E-state index contributed by atoms with van der Waals surface area (Å²) in [4.78, 5) is 24.1. The summed E-state index contributed by atoms with van der Waals surface area (Å²) in [6.45, 7) is 0.416. The molecule has 0 bridgehead atoms. The Morgan fingerprint density at radius 3 is 2.55 bits per heavy atom. The maximum absolute atomic E-state index is 13.2. The fourth-order valence-corrected chi connectivity index (χ4v) is 7.29. The van der Waals surface area contributed by atoms with Crippen LogP contribution in [0.25, 0.3) is 6.08 Å². The number of esters is 1. The number of carbonyl (C=O) groups excluding carboxylic acids is 2. The van der Waals surface area contributed by atoms with Gasteiger partial charge in [-0.15, -0.1) is 10.2 Å². The van der Waals surface area contributed by atoms with Crippen LogP contribution in [0.5, 0.6) is 0 Å². The minimum absolute atomic E-state index is 0.198. The van der Waals surface area contributed by atoms with E-state index in [0.29, 0.717) is 39.3 Å². The normalized spacial score (nSPS) is 12.9. The highest BCUT2D eigenvalue weighted by Crippen LogP contribution is 2.33. The SMILES string of the molecule is COC(=O)c1ccc(CSc2nnc(NC(=O)/C=C/c3ccc(S(=O)(=O)N4CCc5ccccc54)cc3)s2)cc1. The van der Waals surface area contributed by atoms with Crippen molar-refractivity contribution in [1.82, 2.24) is 10.2 Å². The molecular weight excluding hydrogens is 569 g/mol. The summed E-state index contributed by atoms with van der Waals surface area (Å²) in [5, 5.41) is 11.2. The average molecular weight is 593 g/mol. The Morgan fingerprint density at radius 2 is 1.80 bits per heavy atom. The van der Waals surface area contributed by atoms with E-state index < -0.39 is 10.0 Å². The molecule has 0 radical (unpaired) electrons. The number of thioether (sulfide) groups is 1. The molecule has 9 nitrogen and oxygen atoms in total. The Balaban J connectivity index is 1.14. The molecule has 5 rings (SSSR count). The van der Waals surface area contributed by atoms with Crippen molar-refractivity contribution >= 4 is 61.9 Å². The molecule has 1 aromatic heterocycles. The summed E-state index contributed by atoms with van der Waals surface area (Å²) in [6, 6.07) is 21.0. The van der Waals surface area contributed by atoms with E-state index in [1.165, 1.54) is 40.6 Å². The minimum atomic E-state index is -3.67. The van der Waals surface area contributed by atoms with Crippen LogP contribution in [0.1, 0.15) is 27.0 Å². The number of hydrogen-bond acceptors (Lipinski definition) is 9. The van der Waals surface area contributed by atoms with Crippen molar-refractivity contribution in [1.29, 1.82) is 0 Å². The molecule has 0 unspecified atom stereocenters. The molecule has 0 saturated heterocycles. The van der Waals surface area contributed by atoms with E-state index in [4.69, 9.17) is 4.74 Å². The number of nitrogens with one attached hydrogen (secondary N) is 1. The van der Waals surface area contributed by atoms with Gasteiger partial charge < -0.3 is 4.74 Å². The average Bonchev–Trinajstić information content (AvgIpc) is 3.62. The highest BCUT2D eigenvalue weighted by atomic mass is 32.2. The number of hydrogen-bond donors (Lipinski definition) is 1. The quantitative estimate of drug-likeness (QED) is 0.125. The Morgan fingerprint density at radius 1 is 1.05 bits per heavy atom. The summed E-state index contributed by atoms with van der Waals surface area (Å²) in [5.74, 6) is -0.136. The van der Waals surface area contributed by atoms with Gasteiger partial charge in [0, 0.05) is 18.4 Å². The largest absolute Gasteiger partial charge is 0.465 e. The standard InChI is InChI=1S/C28H24N4O5S3/c1-37-26(34)22-11-6-20(7-12-22)18-38-28-31-30-27(39-28)29-25(33)15-10-19-8-13-23(14-9-19)40(35,36)32-17-16-21-4-2-3-5-24(21)32/h2-15H,16-18H2,1H3,(H,29,30,33)/b15-10+. The number of para-hydroxylation sites is 1. The molecule has 40 heavy (non-hydrogen) atoms. The van der Waals surface area contributed by atoms with Crippen LogP contribution in [0.15, 0.2) is 88.1 Å². The minimum Gasteiger partial charge on any atom is -0.465 e. The third kappa shape index (κ3) is 6.24. The van der Waals surface area contributed by atoms with Crippen LogP contribution in [-0.2, 0) is 31.7 Å². The van der Waals surface area contributed by atoms with Crippen molar-refractivity contribution in [2.45, 2.75) is 21.4 Å². The van der Waals surface area contributed by atoms with Crippen LogP contribution in [0.4, 0.5) is 10.8 Å². The van der Waals surface area contributed by atoms with Gasteiger partial charge in [-0.2, -0.15) is 0 Å². The third-order valence-electron chi connectivity index (χ3n) is 6.11. The number of amides is 1. The molecule has 204 valence electrons. The van der Waals surface area contributed by atoms with Crippen LogP contribution in [0, 0.1) is 0 Å². The molecule has 2 heterocycles. The molecular formula is C28H24N4O5S3. The second-order valence-corrected chi connectivity index (χ2v) is 12.8. The maximum Gasteiger partial charge on any atom is 0.337 e. The van der Waals surface area contributed by atoms with Gasteiger partial charge in [0.2, 0.25) is 11.0 Å². The molecule has 1 N–H and O–H groups in total. The summed E-state index contributed by atoms with van der Waals surface area (Å²) in [6.07, 6.45) is 3.65. The van der Waals surface area contributed by atoms with Gasteiger partial charge >= 0.3 is 5.97 Å². The Hall–Kier alpha value is -4.00. The molecule has 0 spiro atoms. The lowest BCUT2D eigenvalue weighted by molar-refractivity contribution is -0.111. The first-order valence-corrected chi connectivity index (χ1v) is 15.4. The van der Waals surface area contributed by atoms with Crippen molar-refractivity contribution in [2.75, 3.05) is 23.3 Å². The summed E-state index contributed by atoms with van der Waals surface area (Å²) < 4.78 is 33.2. The Labute approximate surface area is 240 Å². The number of rotatable bonds is 9. The van der Waals surface area contributed by atoms with E-state index in [2.05, 4.69) is 15.5 Å². The van der Waals surface area contributed by atoms with Gasteiger partial charge in [-0.3, -0.25) is 14.4 Å². The zero-order chi connectivity index (χ0) is 28.1. The predicted octanol–water partition coefficient (Wildman–Crippen LogP) is 5.02. The van der Waals surface area contributed by atoms with Crippen molar-refractivity contribution < 1.29 is 22.7 Å². The number of aromatic nitrogens is 2. The van der Waals surface area contributed by atoms with Crippen LogP contribution in [-0.4, -0.2) is 44.1 Å². The first kappa shape index (κ1) is 27.6. The Kier molecular flexibility index (Phi) is 8.29. The fourth-order valence-electron chi connectivity index (χ4n) is 4.07. The molecule has 0 atom stereocenters. The molecule has 0 fully saturated rings. The number of fused-ring (bicyclic) bond motifs is 1. The lowest BCUT2D eigenvalue weighted by Gasteiger charge is -2.19. The van der Waals surface area contributed by atoms with Crippen molar-refractivity contribution in [3.05, 3.63) is 101 Å². The number of anilines is 2. The van der Waals surface area contributed by atoms with Gasteiger partial charge in [-0.05, 0) is 59.5 Å². The van der Waals surface area contributed by atoms with Gasteiger partial charge in [0.05, 0.1) is 23.3 Å². The third-order valence-corrected chi connectivity index (χ3v) is 9.98. The summed E-state index contributed by atoms with van der Waals surface area (Å²) in [7, 11) is -2.33. The summed E-state index contributed by atoms with van der Waals surface area (Å²) in [5.41, 5.74) is 3.91. The predicted molar refractivity (Wildman–Crippen MR) is 156 cm³/mol. The molecule has 0 aliphatic carbocycles. The molecule has 0 saturated carbocycles. The number of carbonyl (C=O) groups is 2. The van der Waals surface area contributed by atoms with Crippen LogP contribution >= 0.6 is 23.1 Å². The zero-order valence-corrected chi connectivity index (χ0v) is 23.8. The van der Waals surface area contributed by atoms with E-state index in [9.17, 15) is 18.0 Å². The molecule has 1 amide bonds. The fraction of sp³-hybridized carbons (Fsp3) is 0.143. The van der Waals surface area contributed by atoms with E-state index in [1.54, 1.807) is 42.5 Å². The van der Waals surface area contributed by atoms with Crippen LogP contribution in [0.3, 0.4) is 0 Å². The van der Waals surface area contributed by atoms with E-state index in [0.717, 1.165) is 16.8 Å². The monoisotopic (exact) mass is 592 g/mol. The molecule has 4 aromatic rings. The smallest absolute Gasteiger partial charge is 0.337 e. The first-order chi connectivity index (χ1) is 19.3. The van der Waals surface area contributed by atoms with E-state index in [1.807, 2.05) is 36.4 Å². The topological polar surface area (TPSA) is 119 Å². The maximum atomic E-state index is 13.2. The zero-order valence-electron chi connectivity index (χ0n) is 21.3. The van der Waals surface area contributed by atoms with E-state index in [-0.39, 0.29) is 16.8 Å². The van der Waals surface area contributed by atoms with Gasteiger partial charge in [0.15, 0.2) is 4.34 Å². The number of methoxy groups -OCH3 is 1. The summed E-state index contributed by atoms with van der Waals surface area (Å²) >= 11 is 2.72. The van der Waals surface area contributed by atoms with Crippen molar-refractivity contribution in [3.8, 4) is 0 Å². The first-order valence-electron chi connectivity index (χ1n) is 12.2. The highest BCUT2D eigenvalue weighted by molar-refractivity contribution is 8.00. The van der Waals surface area contributed by atoms with Crippen molar-refractivity contribution in [2.24, 2.45) is 0 Å². The van der Waals surface area contributed by atoms with Crippen molar-refractivity contribution in [3.63, 3.8) is 0 Å². The second kappa shape index (κ2) is 12.0. The van der Waals surface area contributed by atoms with E-state index >= 15 is 0 Å². The highest BCUT2D eigenvalue weighted by Gasteiger charge is 2.30. The lowest BCUT2D eigenvalue weighted by Crippen LogP contribution is -2.29. The van der Waals surface area contributed by atoms with Gasteiger partial charge in [-0.1, -0.05) is 65.6 Å². The molecule has 3 aromatic carbocycles. The van der Waals surface area contributed by atoms with Gasteiger partial charge in [0.1, 0.15) is 0 Å². The molecule has 1 aliphatic heterocycles. The Bertz CT molecular complexity index is 1670. The van der Waals surface area contributed by atoms with Gasteiger partial charge in [-0.25, -0.2) is 13.2 Å². The number of benzene rings is 3. The lowest BCUT2D eigenvalue weighted by atomic mass is 10.1.